The van der Waals surface area contributed by atoms with Gasteiger partial charge in [0, 0.05) is 33.8 Å². The molecule has 14 heteroatoms. The van der Waals surface area contributed by atoms with Gasteiger partial charge in [-0.1, -0.05) is 52.4 Å². The summed E-state index contributed by atoms with van der Waals surface area (Å²) in [7, 11) is -2.17. The Morgan fingerprint density at radius 1 is 0.851 bits per heavy atom. The predicted molar refractivity (Wildman–Crippen MR) is 201 cm³/mol. The van der Waals surface area contributed by atoms with Gasteiger partial charge in [-0.15, -0.1) is 0 Å². The van der Waals surface area contributed by atoms with E-state index in [2.05, 4.69) is 93.9 Å². The summed E-state index contributed by atoms with van der Waals surface area (Å²) in [5, 5.41) is 11.4. The lowest BCUT2D eigenvalue weighted by Crippen LogP contribution is -2.27. The molecule has 0 bridgehead atoms. The average Bonchev–Trinajstić information content (AvgIpc) is 3.53. The van der Waals surface area contributed by atoms with Crippen molar-refractivity contribution in [2.45, 2.75) is 91.2 Å². The lowest BCUT2D eigenvalue weighted by molar-refractivity contribution is 0.0635. The van der Waals surface area contributed by atoms with Crippen molar-refractivity contribution in [3.63, 3.8) is 0 Å². The number of aromatic nitrogens is 6. The fourth-order valence-electron chi connectivity index (χ4n) is 4.09. The molecule has 0 aliphatic rings. The number of nitrogens with zero attached hydrogens (tertiary/aromatic N) is 6. The topological polar surface area (TPSA) is 118 Å². The van der Waals surface area contributed by atoms with Crippen LogP contribution in [0.15, 0.2) is 42.2 Å². The molecule has 4 aromatic heterocycles. The van der Waals surface area contributed by atoms with Crippen molar-refractivity contribution in [1.29, 1.82) is 0 Å². The third kappa shape index (κ3) is 12.4. The molecule has 0 fully saturated rings. The van der Waals surface area contributed by atoms with Crippen molar-refractivity contribution in [3.05, 3.63) is 53.5 Å². The van der Waals surface area contributed by atoms with Gasteiger partial charge >= 0.3 is 6.09 Å². The van der Waals surface area contributed by atoms with E-state index in [-0.39, 0.29) is 0 Å². The number of carbonyl (C=O) groups is 1. The maximum atomic E-state index is 12.1. The van der Waals surface area contributed by atoms with Gasteiger partial charge in [-0.25, -0.2) is 24.1 Å². The molecule has 0 aromatic carbocycles. The SMILES string of the molecule is C=Cc1nc2cnn(COCC[Si](C)(C)C)c2cc1Br.C=Cc1nc2cnn(COCC[Si](C)(C)C)c2cc1NC(=O)OC(C)(C)C. The van der Waals surface area contributed by atoms with Crippen LogP contribution >= 0.6 is 15.9 Å². The number of amides is 1. The van der Waals surface area contributed by atoms with Crippen LogP contribution in [0.25, 0.3) is 34.2 Å². The maximum Gasteiger partial charge on any atom is 0.412 e. The van der Waals surface area contributed by atoms with Crippen molar-refractivity contribution in [1.82, 2.24) is 29.5 Å². The second-order valence-corrected chi connectivity index (χ2v) is 26.7. The van der Waals surface area contributed by atoms with Crippen LogP contribution in [0.3, 0.4) is 0 Å². The molecule has 0 unspecified atom stereocenters. The van der Waals surface area contributed by atoms with E-state index in [4.69, 9.17) is 14.2 Å². The molecule has 11 nitrogen and oxygen atoms in total. The van der Waals surface area contributed by atoms with Crippen molar-refractivity contribution >= 4 is 78.1 Å². The van der Waals surface area contributed by atoms with E-state index in [1.165, 1.54) is 0 Å². The molecular weight excluding hydrogens is 694 g/mol. The fourth-order valence-corrected chi connectivity index (χ4v) is 6.07. The minimum Gasteiger partial charge on any atom is -0.444 e. The molecule has 0 aliphatic carbocycles. The van der Waals surface area contributed by atoms with Crippen LogP contribution in [-0.4, -0.2) is 70.6 Å². The summed E-state index contributed by atoms with van der Waals surface area (Å²) in [6.45, 7) is 29.2. The first kappa shape index (κ1) is 38.3. The highest BCUT2D eigenvalue weighted by Gasteiger charge is 2.19. The molecule has 4 heterocycles. The molecule has 4 rings (SSSR count). The highest BCUT2D eigenvalue weighted by Crippen LogP contribution is 2.24. The zero-order chi connectivity index (χ0) is 35.0. The number of ether oxygens (including phenoxy) is 3. The minimum absolute atomic E-state index is 0.342. The Labute approximate surface area is 288 Å². The molecule has 1 N–H and O–H groups in total. The van der Waals surface area contributed by atoms with Gasteiger partial charge in [-0.2, -0.15) is 10.2 Å². The highest BCUT2D eigenvalue weighted by molar-refractivity contribution is 9.10. The quantitative estimate of drug-likeness (QED) is 0.107. The largest absolute Gasteiger partial charge is 0.444 e. The number of hydrogen-bond donors (Lipinski definition) is 1. The Kier molecular flexibility index (Phi) is 13.3. The van der Waals surface area contributed by atoms with Gasteiger partial charge in [0.1, 0.15) is 30.1 Å². The van der Waals surface area contributed by atoms with Crippen LogP contribution in [0.2, 0.25) is 51.4 Å². The van der Waals surface area contributed by atoms with E-state index in [1.807, 2.05) is 37.6 Å². The van der Waals surface area contributed by atoms with E-state index in [1.54, 1.807) is 29.2 Å². The van der Waals surface area contributed by atoms with Crippen LogP contribution in [0.4, 0.5) is 10.5 Å². The molecule has 0 aliphatic heterocycles. The molecular formula is C33H50BrN7O4Si2. The number of anilines is 1. The van der Waals surface area contributed by atoms with Crippen LogP contribution in [0.1, 0.15) is 32.2 Å². The lowest BCUT2D eigenvalue weighted by Gasteiger charge is -2.20. The van der Waals surface area contributed by atoms with Crippen LogP contribution in [0, 0.1) is 0 Å². The third-order valence-electron chi connectivity index (χ3n) is 6.71. The van der Waals surface area contributed by atoms with Crippen molar-refractivity contribution in [3.8, 4) is 0 Å². The van der Waals surface area contributed by atoms with E-state index in [9.17, 15) is 4.79 Å². The molecule has 47 heavy (non-hydrogen) atoms. The molecule has 0 saturated heterocycles. The first-order chi connectivity index (χ1) is 21.9. The molecule has 256 valence electrons. The predicted octanol–water partition coefficient (Wildman–Crippen LogP) is 8.88. The molecule has 0 spiro atoms. The minimum atomic E-state index is -1.13. The van der Waals surface area contributed by atoms with Gasteiger partial charge < -0.3 is 14.2 Å². The summed E-state index contributed by atoms with van der Waals surface area (Å²) in [6.07, 6.45) is 6.22. The second-order valence-electron chi connectivity index (χ2n) is 14.6. The van der Waals surface area contributed by atoms with Crippen molar-refractivity contribution < 1.29 is 19.0 Å². The first-order valence-corrected chi connectivity index (χ1v) is 23.9. The smallest absolute Gasteiger partial charge is 0.412 e. The second kappa shape index (κ2) is 16.3. The normalized spacial score (nSPS) is 12.1. The van der Waals surface area contributed by atoms with Gasteiger partial charge in [0.05, 0.1) is 40.5 Å². The number of fused-ring (bicyclic) bond motifs is 2. The summed E-state index contributed by atoms with van der Waals surface area (Å²) in [5.41, 5.74) is 4.66. The van der Waals surface area contributed by atoms with Gasteiger partial charge in [-0.05, 0) is 73.1 Å². The summed E-state index contributed by atoms with van der Waals surface area (Å²) in [6, 6.07) is 6.08. The lowest BCUT2D eigenvalue weighted by atomic mass is 10.2. The average molecular weight is 745 g/mol. The van der Waals surface area contributed by atoms with Crippen LogP contribution in [-0.2, 0) is 27.7 Å². The Morgan fingerprint density at radius 2 is 1.32 bits per heavy atom. The van der Waals surface area contributed by atoms with E-state index >= 15 is 0 Å². The summed E-state index contributed by atoms with van der Waals surface area (Å²) >= 11 is 3.49. The number of hydrogen-bond acceptors (Lipinski definition) is 8. The van der Waals surface area contributed by atoms with Gasteiger partial charge in [0.2, 0.25) is 0 Å². The standard InChI is InChI=1S/C19H30N4O3Si.C14H20BrN3OSi/c1-8-14-15(22-18(24)26-19(2,3)4)11-17-16(21-14)12-20-23(17)13-25-9-10-27(5,6)7;1-5-12-11(15)8-14-13(17-12)9-16-18(14)10-19-6-7-20(2,3)4/h8,11-12H,1,9-10,13H2,2-7H3,(H,22,24);5,8-9H,1,6-7,10H2,2-4H3. The summed E-state index contributed by atoms with van der Waals surface area (Å²) < 4.78 is 21.3. The molecule has 1 amide bonds. The first-order valence-electron chi connectivity index (χ1n) is 15.7. The zero-order valence-electron chi connectivity index (χ0n) is 29.3. The Morgan fingerprint density at radius 3 is 1.77 bits per heavy atom. The third-order valence-corrected chi connectivity index (χ3v) is 10.8. The van der Waals surface area contributed by atoms with E-state index < -0.39 is 27.8 Å². The number of halogens is 1. The molecule has 0 atom stereocenters. The summed E-state index contributed by atoms with van der Waals surface area (Å²) in [4.78, 5) is 21.1. The van der Waals surface area contributed by atoms with Crippen molar-refractivity contribution in [2.24, 2.45) is 0 Å². The van der Waals surface area contributed by atoms with Gasteiger partial charge in [0.25, 0.3) is 0 Å². The number of carbonyl (C=O) groups excluding carboxylic acids is 1. The molecule has 0 saturated carbocycles. The van der Waals surface area contributed by atoms with Gasteiger partial charge in [-0.3, -0.25) is 5.32 Å². The van der Waals surface area contributed by atoms with Crippen molar-refractivity contribution in [2.75, 3.05) is 18.5 Å². The Balaban J connectivity index is 0.000000267. The number of rotatable bonds is 13. The van der Waals surface area contributed by atoms with Crippen LogP contribution in [0.5, 0.6) is 0 Å². The number of pyridine rings is 2. The zero-order valence-corrected chi connectivity index (χ0v) is 32.9. The maximum absolute atomic E-state index is 12.1. The summed E-state index contributed by atoms with van der Waals surface area (Å²) in [5.74, 6) is 0. The molecule has 4 aromatic rings. The highest BCUT2D eigenvalue weighted by atomic mass is 79.9. The number of nitrogens with one attached hydrogen (secondary N) is 1. The fraction of sp³-hybridized carbons (Fsp3) is 0.485. The van der Waals surface area contributed by atoms with E-state index in [0.29, 0.717) is 37.0 Å². The van der Waals surface area contributed by atoms with Gasteiger partial charge in [0.15, 0.2) is 0 Å². The monoisotopic (exact) mass is 743 g/mol. The van der Waals surface area contributed by atoms with Crippen LogP contribution < -0.4 is 5.32 Å². The Hall–Kier alpha value is -3.18. The molecule has 0 radical (unpaired) electrons. The van der Waals surface area contributed by atoms with E-state index in [0.717, 1.165) is 45.4 Å². The Bertz CT molecular complexity index is 1680.